The average Bonchev–Trinajstić information content (AvgIpc) is 3.56. The molecule has 0 saturated carbocycles. The van der Waals surface area contributed by atoms with Gasteiger partial charge < -0.3 is 9.47 Å². The van der Waals surface area contributed by atoms with Gasteiger partial charge in [-0.2, -0.15) is 0 Å². The van der Waals surface area contributed by atoms with Crippen LogP contribution in [-0.2, 0) is 0 Å². The maximum absolute atomic E-state index is 2.37. The molecule has 0 bridgehead atoms. The predicted molar refractivity (Wildman–Crippen MR) is 221 cm³/mol. The van der Waals surface area contributed by atoms with Crippen molar-refractivity contribution < 1.29 is 0 Å². The molecule has 0 radical (unpaired) electrons. The molecule has 52 heavy (non-hydrogen) atoms. The summed E-state index contributed by atoms with van der Waals surface area (Å²) in [5.74, 6) is 0. The molecule has 9 aromatic carbocycles. The lowest BCUT2D eigenvalue weighted by Gasteiger charge is -2.26. The summed E-state index contributed by atoms with van der Waals surface area (Å²) in [5, 5.41) is 7.62. The molecule has 2 nitrogen and oxygen atoms in total. The minimum Gasteiger partial charge on any atom is -0.311 e. The molecule has 244 valence electrons. The van der Waals surface area contributed by atoms with Crippen molar-refractivity contribution in [1.82, 2.24) is 4.57 Å². The number of benzene rings is 9. The molecule has 0 aliphatic carbocycles. The fraction of sp³-hybridized carbons (Fsp3) is 0. The molecule has 0 aliphatic rings. The maximum Gasteiger partial charge on any atom is 0.0541 e. The predicted octanol–water partition coefficient (Wildman–Crippen LogP) is 13.9. The topological polar surface area (TPSA) is 8.17 Å². The van der Waals surface area contributed by atoms with Crippen molar-refractivity contribution in [2.24, 2.45) is 0 Å². The Kier molecular flexibility index (Phi) is 7.18. The van der Waals surface area contributed by atoms with Crippen molar-refractivity contribution in [1.29, 1.82) is 0 Å². The van der Waals surface area contributed by atoms with Crippen LogP contribution in [0, 0.1) is 0 Å². The van der Waals surface area contributed by atoms with Gasteiger partial charge in [0.1, 0.15) is 0 Å². The van der Waals surface area contributed by atoms with Gasteiger partial charge in [0.05, 0.1) is 11.0 Å². The first-order valence-corrected chi connectivity index (χ1v) is 17.9. The summed E-state index contributed by atoms with van der Waals surface area (Å²) in [6.45, 7) is 0. The molecule has 0 fully saturated rings. The molecule has 0 aliphatic heterocycles. The SMILES string of the molecule is c1ccc(-c2ccc(N(c3ccc(-c4cc5ccccc5c5ccccc45)cc3)c3ccc(-n4c5ccccc5c5ccccc54)cc3)cc2)cc1. The van der Waals surface area contributed by atoms with Gasteiger partial charge in [-0.1, -0.05) is 140 Å². The number of nitrogens with zero attached hydrogens (tertiary/aromatic N) is 2. The summed E-state index contributed by atoms with van der Waals surface area (Å²) in [6.07, 6.45) is 0. The van der Waals surface area contributed by atoms with Crippen molar-refractivity contribution in [3.05, 3.63) is 206 Å². The highest BCUT2D eigenvalue weighted by atomic mass is 15.1. The molecule has 0 atom stereocenters. The fourth-order valence-corrected chi connectivity index (χ4v) is 7.92. The molecule has 0 spiro atoms. The Balaban J connectivity index is 1.08. The second-order valence-corrected chi connectivity index (χ2v) is 13.4. The van der Waals surface area contributed by atoms with Crippen molar-refractivity contribution in [3.8, 4) is 27.9 Å². The van der Waals surface area contributed by atoms with Crippen LogP contribution < -0.4 is 4.90 Å². The Morgan fingerprint density at radius 3 is 1.37 bits per heavy atom. The van der Waals surface area contributed by atoms with Crippen LogP contribution in [0.25, 0.3) is 71.3 Å². The standard InChI is InChI=1S/C50H34N2/c1-2-12-35(13-3-1)36-22-26-39(27-23-36)51(41-30-32-42(33-31-41)52-49-20-10-8-18-46(49)47-19-9-11-21-50(47)52)40-28-24-37(25-29-40)48-34-38-14-4-5-15-43(38)44-16-6-7-17-45(44)48/h1-34H. The Morgan fingerprint density at radius 1 is 0.308 bits per heavy atom. The molecule has 10 aromatic rings. The first kappa shape index (κ1) is 30.0. The number of fused-ring (bicyclic) bond motifs is 6. The van der Waals surface area contributed by atoms with E-state index in [0.717, 1.165) is 22.7 Å². The van der Waals surface area contributed by atoms with E-state index < -0.39 is 0 Å². The van der Waals surface area contributed by atoms with Crippen LogP contribution >= 0.6 is 0 Å². The molecule has 1 heterocycles. The largest absolute Gasteiger partial charge is 0.311 e. The highest BCUT2D eigenvalue weighted by molar-refractivity contribution is 6.14. The smallest absolute Gasteiger partial charge is 0.0541 e. The van der Waals surface area contributed by atoms with Gasteiger partial charge in [-0.25, -0.2) is 0 Å². The second-order valence-electron chi connectivity index (χ2n) is 13.4. The Morgan fingerprint density at radius 2 is 0.750 bits per heavy atom. The zero-order valence-corrected chi connectivity index (χ0v) is 28.5. The summed E-state index contributed by atoms with van der Waals surface area (Å²) in [6, 6.07) is 74.6. The van der Waals surface area contributed by atoms with E-state index in [1.54, 1.807) is 0 Å². The highest BCUT2D eigenvalue weighted by Crippen LogP contribution is 2.40. The molecule has 0 unspecified atom stereocenters. The number of aromatic nitrogens is 1. The minimum atomic E-state index is 1.10. The Hall–Kier alpha value is -6.90. The lowest BCUT2D eigenvalue weighted by Crippen LogP contribution is -2.10. The third kappa shape index (κ3) is 5.04. The first-order chi connectivity index (χ1) is 25.8. The maximum atomic E-state index is 2.37. The summed E-state index contributed by atoms with van der Waals surface area (Å²) in [7, 11) is 0. The third-order valence-corrected chi connectivity index (χ3v) is 10.4. The number of hydrogen-bond acceptors (Lipinski definition) is 1. The van der Waals surface area contributed by atoms with E-state index in [1.165, 1.54) is 65.6 Å². The van der Waals surface area contributed by atoms with Crippen LogP contribution in [0.4, 0.5) is 17.1 Å². The molecule has 0 N–H and O–H groups in total. The van der Waals surface area contributed by atoms with E-state index in [9.17, 15) is 0 Å². The van der Waals surface area contributed by atoms with Gasteiger partial charge in [-0.15, -0.1) is 0 Å². The Bertz CT molecular complexity index is 2810. The van der Waals surface area contributed by atoms with Crippen LogP contribution in [-0.4, -0.2) is 4.57 Å². The summed E-state index contributed by atoms with van der Waals surface area (Å²) < 4.78 is 2.37. The Labute approximate surface area is 303 Å². The summed E-state index contributed by atoms with van der Waals surface area (Å²) in [5.41, 5.74) is 11.7. The lowest BCUT2D eigenvalue weighted by atomic mass is 9.93. The summed E-state index contributed by atoms with van der Waals surface area (Å²) in [4.78, 5) is 2.35. The van der Waals surface area contributed by atoms with Gasteiger partial charge in [-0.05, 0) is 111 Å². The monoisotopic (exact) mass is 662 g/mol. The number of para-hydroxylation sites is 2. The molecule has 10 rings (SSSR count). The van der Waals surface area contributed by atoms with Crippen LogP contribution in [0.2, 0.25) is 0 Å². The number of rotatable bonds is 6. The van der Waals surface area contributed by atoms with Gasteiger partial charge in [0, 0.05) is 33.5 Å². The van der Waals surface area contributed by atoms with E-state index in [2.05, 4.69) is 216 Å². The van der Waals surface area contributed by atoms with E-state index >= 15 is 0 Å². The summed E-state index contributed by atoms with van der Waals surface area (Å²) >= 11 is 0. The van der Waals surface area contributed by atoms with E-state index in [1.807, 2.05) is 0 Å². The molecular weight excluding hydrogens is 629 g/mol. The van der Waals surface area contributed by atoms with E-state index in [4.69, 9.17) is 0 Å². The van der Waals surface area contributed by atoms with Crippen LogP contribution in [0.15, 0.2) is 206 Å². The molecule has 1 aromatic heterocycles. The number of anilines is 3. The van der Waals surface area contributed by atoms with E-state index in [-0.39, 0.29) is 0 Å². The van der Waals surface area contributed by atoms with Gasteiger partial charge in [0.25, 0.3) is 0 Å². The lowest BCUT2D eigenvalue weighted by molar-refractivity contribution is 1.17. The van der Waals surface area contributed by atoms with Gasteiger partial charge >= 0.3 is 0 Å². The van der Waals surface area contributed by atoms with Crippen molar-refractivity contribution in [2.45, 2.75) is 0 Å². The zero-order valence-electron chi connectivity index (χ0n) is 28.5. The average molecular weight is 663 g/mol. The molecule has 0 saturated heterocycles. The van der Waals surface area contributed by atoms with Gasteiger partial charge in [-0.3, -0.25) is 0 Å². The van der Waals surface area contributed by atoms with Crippen molar-refractivity contribution >= 4 is 60.4 Å². The zero-order chi connectivity index (χ0) is 34.4. The van der Waals surface area contributed by atoms with Crippen molar-refractivity contribution in [3.63, 3.8) is 0 Å². The second kappa shape index (κ2) is 12.5. The highest BCUT2D eigenvalue weighted by Gasteiger charge is 2.16. The van der Waals surface area contributed by atoms with Gasteiger partial charge in [0.15, 0.2) is 0 Å². The quantitative estimate of drug-likeness (QED) is 0.161. The third-order valence-electron chi connectivity index (χ3n) is 10.4. The molecule has 2 heteroatoms. The molecule has 0 amide bonds. The first-order valence-electron chi connectivity index (χ1n) is 17.9. The fourth-order valence-electron chi connectivity index (χ4n) is 7.92. The normalized spacial score (nSPS) is 11.5. The van der Waals surface area contributed by atoms with Crippen LogP contribution in [0.5, 0.6) is 0 Å². The van der Waals surface area contributed by atoms with Crippen molar-refractivity contribution in [2.75, 3.05) is 4.90 Å². The van der Waals surface area contributed by atoms with Gasteiger partial charge in [0.2, 0.25) is 0 Å². The minimum absolute atomic E-state index is 1.10. The number of hydrogen-bond donors (Lipinski definition) is 0. The van der Waals surface area contributed by atoms with Crippen LogP contribution in [0.3, 0.4) is 0 Å². The van der Waals surface area contributed by atoms with Crippen LogP contribution in [0.1, 0.15) is 0 Å². The molecular formula is C50H34N2. The van der Waals surface area contributed by atoms with E-state index in [0.29, 0.717) is 0 Å².